The van der Waals surface area contributed by atoms with E-state index >= 15 is 0 Å². The third-order valence-corrected chi connectivity index (χ3v) is 2.54. The van der Waals surface area contributed by atoms with Crippen LogP contribution >= 0.6 is 0 Å². The molecule has 2 N–H and O–H groups in total. The molecule has 0 aliphatic rings. The summed E-state index contributed by atoms with van der Waals surface area (Å²) in [5, 5.41) is 0. The highest BCUT2D eigenvalue weighted by atomic mass is 15.2. The van der Waals surface area contributed by atoms with Gasteiger partial charge >= 0.3 is 0 Å². The van der Waals surface area contributed by atoms with E-state index in [0.29, 0.717) is 6.54 Å². The zero-order valence-electron chi connectivity index (χ0n) is 9.54. The molecule has 0 radical (unpaired) electrons. The highest BCUT2D eigenvalue weighted by molar-refractivity contribution is 5.49. The summed E-state index contributed by atoms with van der Waals surface area (Å²) < 4.78 is 0. The first-order valence-electron chi connectivity index (χ1n) is 4.98. The van der Waals surface area contributed by atoms with Gasteiger partial charge in [-0.3, -0.25) is 0 Å². The minimum atomic E-state index is 0.146. The third-order valence-electron chi connectivity index (χ3n) is 2.54. The van der Waals surface area contributed by atoms with Crippen molar-refractivity contribution in [2.45, 2.75) is 32.9 Å². The SMILES string of the molecule is CN(c1cccc(CN)c1)C(C)(C)C. The maximum absolute atomic E-state index is 5.61. The van der Waals surface area contributed by atoms with Crippen LogP contribution in [0.1, 0.15) is 26.3 Å². The van der Waals surface area contributed by atoms with Gasteiger partial charge in [0, 0.05) is 24.8 Å². The number of rotatable bonds is 2. The number of hydrogen-bond donors (Lipinski definition) is 1. The van der Waals surface area contributed by atoms with E-state index < -0.39 is 0 Å². The van der Waals surface area contributed by atoms with E-state index in [1.807, 2.05) is 0 Å². The van der Waals surface area contributed by atoms with Crippen molar-refractivity contribution in [2.75, 3.05) is 11.9 Å². The molecule has 0 aliphatic carbocycles. The van der Waals surface area contributed by atoms with Gasteiger partial charge in [-0.15, -0.1) is 0 Å². The van der Waals surface area contributed by atoms with E-state index in [2.05, 4.69) is 57.0 Å². The topological polar surface area (TPSA) is 29.3 Å². The molecule has 0 saturated carbocycles. The van der Waals surface area contributed by atoms with Crippen LogP contribution in [0.5, 0.6) is 0 Å². The first kappa shape index (κ1) is 11.1. The van der Waals surface area contributed by atoms with Crippen molar-refractivity contribution in [2.24, 2.45) is 5.73 Å². The monoisotopic (exact) mass is 192 g/mol. The Hall–Kier alpha value is -1.02. The summed E-state index contributed by atoms with van der Waals surface area (Å²) in [6.45, 7) is 7.19. The summed E-state index contributed by atoms with van der Waals surface area (Å²) in [7, 11) is 2.11. The van der Waals surface area contributed by atoms with Crippen molar-refractivity contribution in [3.63, 3.8) is 0 Å². The van der Waals surface area contributed by atoms with Gasteiger partial charge in [0.05, 0.1) is 0 Å². The molecule has 2 heteroatoms. The Kier molecular flexibility index (Phi) is 3.17. The summed E-state index contributed by atoms with van der Waals surface area (Å²) in [5.41, 5.74) is 8.16. The molecule has 0 fully saturated rings. The lowest BCUT2D eigenvalue weighted by Gasteiger charge is -2.34. The molecular weight excluding hydrogens is 172 g/mol. The van der Waals surface area contributed by atoms with Crippen LogP contribution in [0.4, 0.5) is 5.69 Å². The Labute approximate surface area is 86.7 Å². The van der Waals surface area contributed by atoms with E-state index in [1.165, 1.54) is 11.3 Å². The van der Waals surface area contributed by atoms with Crippen LogP contribution in [-0.2, 0) is 6.54 Å². The molecule has 1 rings (SSSR count). The van der Waals surface area contributed by atoms with Gasteiger partial charge in [-0.2, -0.15) is 0 Å². The molecule has 0 saturated heterocycles. The van der Waals surface area contributed by atoms with Crippen LogP contribution in [0.25, 0.3) is 0 Å². The lowest BCUT2D eigenvalue weighted by atomic mass is 10.1. The predicted octanol–water partition coefficient (Wildman–Crippen LogP) is 2.38. The number of anilines is 1. The molecule has 0 spiro atoms. The molecule has 0 atom stereocenters. The zero-order chi connectivity index (χ0) is 10.8. The fourth-order valence-electron chi connectivity index (χ4n) is 1.28. The number of hydrogen-bond acceptors (Lipinski definition) is 2. The molecule has 14 heavy (non-hydrogen) atoms. The van der Waals surface area contributed by atoms with Crippen LogP contribution in [-0.4, -0.2) is 12.6 Å². The summed E-state index contributed by atoms with van der Waals surface area (Å²) in [6, 6.07) is 8.37. The average molecular weight is 192 g/mol. The Balaban J connectivity index is 2.95. The molecule has 1 aromatic carbocycles. The van der Waals surface area contributed by atoms with Gasteiger partial charge in [-0.25, -0.2) is 0 Å². The molecule has 0 aliphatic heterocycles. The highest BCUT2D eigenvalue weighted by Crippen LogP contribution is 2.22. The minimum Gasteiger partial charge on any atom is -0.370 e. The van der Waals surface area contributed by atoms with Gasteiger partial charge < -0.3 is 10.6 Å². The van der Waals surface area contributed by atoms with Crippen molar-refractivity contribution in [1.82, 2.24) is 0 Å². The van der Waals surface area contributed by atoms with Gasteiger partial charge in [0.15, 0.2) is 0 Å². The highest BCUT2D eigenvalue weighted by Gasteiger charge is 2.17. The van der Waals surface area contributed by atoms with Crippen molar-refractivity contribution in [3.05, 3.63) is 29.8 Å². The van der Waals surface area contributed by atoms with Crippen LogP contribution < -0.4 is 10.6 Å². The molecule has 0 amide bonds. The second-order valence-electron chi connectivity index (χ2n) is 4.60. The smallest absolute Gasteiger partial charge is 0.0371 e. The van der Waals surface area contributed by atoms with Crippen molar-refractivity contribution >= 4 is 5.69 Å². The molecule has 0 aromatic heterocycles. The first-order valence-corrected chi connectivity index (χ1v) is 4.98. The average Bonchev–Trinajstić information content (AvgIpc) is 2.15. The number of benzene rings is 1. The second kappa shape index (κ2) is 4.01. The lowest BCUT2D eigenvalue weighted by molar-refractivity contribution is 0.538. The van der Waals surface area contributed by atoms with Gasteiger partial charge in [-0.1, -0.05) is 12.1 Å². The molecular formula is C12H20N2. The summed E-state index contributed by atoms with van der Waals surface area (Å²) >= 11 is 0. The predicted molar refractivity (Wildman–Crippen MR) is 62.5 cm³/mol. The van der Waals surface area contributed by atoms with Crippen LogP contribution in [0.3, 0.4) is 0 Å². The van der Waals surface area contributed by atoms with Gasteiger partial charge in [-0.05, 0) is 38.5 Å². The minimum absolute atomic E-state index is 0.146. The van der Waals surface area contributed by atoms with E-state index in [9.17, 15) is 0 Å². The quantitative estimate of drug-likeness (QED) is 0.779. The summed E-state index contributed by atoms with van der Waals surface area (Å²) in [4.78, 5) is 2.26. The van der Waals surface area contributed by atoms with Crippen LogP contribution in [0.2, 0.25) is 0 Å². The Morgan fingerprint density at radius 3 is 2.43 bits per heavy atom. The second-order valence-corrected chi connectivity index (χ2v) is 4.60. The summed E-state index contributed by atoms with van der Waals surface area (Å²) in [5.74, 6) is 0. The molecule has 1 aromatic rings. The zero-order valence-corrected chi connectivity index (χ0v) is 9.54. The van der Waals surface area contributed by atoms with E-state index in [-0.39, 0.29) is 5.54 Å². The van der Waals surface area contributed by atoms with Gasteiger partial charge in [0.1, 0.15) is 0 Å². The molecule has 0 heterocycles. The van der Waals surface area contributed by atoms with Crippen molar-refractivity contribution in [1.29, 1.82) is 0 Å². The van der Waals surface area contributed by atoms with Crippen molar-refractivity contribution in [3.8, 4) is 0 Å². The van der Waals surface area contributed by atoms with Gasteiger partial charge in [0.2, 0.25) is 0 Å². The van der Waals surface area contributed by atoms with Crippen LogP contribution in [0.15, 0.2) is 24.3 Å². The van der Waals surface area contributed by atoms with E-state index in [0.717, 1.165) is 0 Å². The first-order chi connectivity index (χ1) is 6.45. The fourth-order valence-corrected chi connectivity index (χ4v) is 1.28. The Morgan fingerprint density at radius 2 is 1.93 bits per heavy atom. The maximum Gasteiger partial charge on any atom is 0.0371 e. The largest absolute Gasteiger partial charge is 0.370 e. The van der Waals surface area contributed by atoms with Crippen LogP contribution in [0, 0.1) is 0 Å². The van der Waals surface area contributed by atoms with E-state index in [1.54, 1.807) is 0 Å². The standard InChI is InChI=1S/C12H20N2/c1-12(2,3)14(4)11-7-5-6-10(8-11)9-13/h5-8H,9,13H2,1-4H3. The molecule has 0 unspecified atom stereocenters. The van der Waals surface area contributed by atoms with Gasteiger partial charge in [0.25, 0.3) is 0 Å². The Morgan fingerprint density at radius 1 is 1.29 bits per heavy atom. The molecule has 2 nitrogen and oxygen atoms in total. The number of nitrogens with two attached hydrogens (primary N) is 1. The number of nitrogens with zero attached hydrogens (tertiary/aromatic N) is 1. The maximum atomic E-state index is 5.61. The van der Waals surface area contributed by atoms with Crippen molar-refractivity contribution < 1.29 is 0 Å². The summed E-state index contributed by atoms with van der Waals surface area (Å²) in [6.07, 6.45) is 0. The third kappa shape index (κ3) is 2.48. The fraction of sp³-hybridized carbons (Fsp3) is 0.500. The lowest BCUT2D eigenvalue weighted by Crippen LogP contribution is -2.38. The van der Waals surface area contributed by atoms with E-state index in [4.69, 9.17) is 5.73 Å². The molecule has 0 bridgehead atoms. The Bertz CT molecular complexity index is 299. The normalized spacial score (nSPS) is 11.5. The molecule has 78 valence electrons.